The highest BCUT2D eigenvalue weighted by atomic mass is 35.5. The summed E-state index contributed by atoms with van der Waals surface area (Å²) in [6, 6.07) is 7.97. The van der Waals surface area contributed by atoms with Gasteiger partial charge in [-0.1, -0.05) is 25.8 Å². The first-order valence-corrected chi connectivity index (χ1v) is 9.89. The van der Waals surface area contributed by atoms with Gasteiger partial charge in [0.1, 0.15) is 11.9 Å². The molecule has 0 radical (unpaired) electrons. The number of unbranched alkanes of at least 4 members (excludes halogenated alkanes) is 2. The molecule has 1 aliphatic rings. The molecule has 6 nitrogen and oxygen atoms in total. The first-order valence-electron chi connectivity index (χ1n) is 9.36. The summed E-state index contributed by atoms with van der Waals surface area (Å²) in [6.07, 6.45) is 5.03. The molecular weight excluding hydrogens is 362 g/mol. The van der Waals surface area contributed by atoms with Gasteiger partial charge in [0.05, 0.1) is 25.0 Å². The Labute approximate surface area is 165 Å². The van der Waals surface area contributed by atoms with Crippen molar-refractivity contribution in [2.75, 3.05) is 13.7 Å². The van der Waals surface area contributed by atoms with Crippen molar-refractivity contribution in [3.63, 3.8) is 0 Å². The van der Waals surface area contributed by atoms with Gasteiger partial charge in [0.15, 0.2) is 5.96 Å². The third-order valence-electron chi connectivity index (χ3n) is 4.97. The van der Waals surface area contributed by atoms with Crippen molar-refractivity contribution < 1.29 is 4.74 Å². The molecule has 0 amide bonds. The number of aliphatic imine (C=N–C) groups is 1. The fourth-order valence-corrected chi connectivity index (χ4v) is 3.68. The fourth-order valence-electron chi connectivity index (χ4n) is 3.51. The smallest absolute Gasteiger partial charge is 0.198 e. The van der Waals surface area contributed by atoms with Gasteiger partial charge in [0, 0.05) is 24.2 Å². The number of methoxy groups -OCH3 is 1. The second-order valence-electron chi connectivity index (χ2n) is 6.81. The van der Waals surface area contributed by atoms with Crippen molar-refractivity contribution >= 4 is 23.2 Å². The van der Waals surface area contributed by atoms with Crippen molar-refractivity contribution in [3.05, 3.63) is 47.3 Å². The minimum absolute atomic E-state index is 0.313. The third kappa shape index (κ3) is 4.06. The zero-order valence-corrected chi connectivity index (χ0v) is 16.7. The molecule has 1 aromatic carbocycles. The Balaban J connectivity index is 1.89. The second-order valence-corrected chi connectivity index (χ2v) is 7.08. The zero-order valence-electron chi connectivity index (χ0n) is 16.0. The number of nitrogens with zero attached hydrogens (tertiary/aromatic N) is 3. The van der Waals surface area contributed by atoms with E-state index in [0.717, 1.165) is 54.1 Å². The second kappa shape index (κ2) is 8.67. The first-order chi connectivity index (χ1) is 13.1. The normalized spacial score (nSPS) is 16.2. The molecule has 0 aliphatic carbocycles. The molecule has 146 valence electrons. The summed E-state index contributed by atoms with van der Waals surface area (Å²) in [7, 11) is 1.68. The minimum Gasteiger partial charge on any atom is -0.496 e. The summed E-state index contributed by atoms with van der Waals surface area (Å²) in [5.41, 5.74) is 16.7. The Morgan fingerprint density at radius 3 is 2.78 bits per heavy atom. The van der Waals surface area contributed by atoms with Crippen LogP contribution in [0.1, 0.15) is 49.2 Å². The third-order valence-corrected chi connectivity index (χ3v) is 5.28. The van der Waals surface area contributed by atoms with E-state index in [9.17, 15) is 0 Å². The van der Waals surface area contributed by atoms with Crippen molar-refractivity contribution in [1.29, 1.82) is 0 Å². The van der Waals surface area contributed by atoms with Gasteiger partial charge in [0.2, 0.25) is 0 Å². The Morgan fingerprint density at radius 2 is 2.07 bits per heavy atom. The highest BCUT2D eigenvalue weighted by molar-refractivity contribution is 6.17. The maximum absolute atomic E-state index is 6.58. The van der Waals surface area contributed by atoms with E-state index >= 15 is 0 Å². The molecule has 1 aliphatic heterocycles. The molecule has 0 bridgehead atoms. The van der Waals surface area contributed by atoms with Gasteiger partial charge in [-0.2, -0.15) is 0 Å². The van der Waals surface area contributed by atoms with E-state index < -0.39 is 0 Å². The molecule has 0 fully saturated rings. The van der Waals surface area contributed by atoms with E-state index in [4.69, 9.17) is 27.8 Å². The summed E-state index contributed by atoms with van der Waals surface area (Å²) < 4.78 is 7.65. The van der Waals surface area contributed by atoms with Crippen LogP contribution in [-0.4, -0.2) is 29.1 Å². The van der Waals surface area contributed by atoms with E-state index in [2.05, 4.69) is 22.5 Å². The Kier molecular flexibility index (Phi) is 6.29. The van der Waals surface area contributed by atoms with Crippen LogP contribution in [0.5, 0.6) is 5.75 Å². The van der Waals surface area contributed by atoms with Crippen LogP contribution < -0.4 is 16.2 Å². The molecule has 0 saturated carbocycles. The van der Waals surface area contributed by atoms with Crippen LogP contribution in [0.4, 0.5) is 5.69 Å². The standard InChI is InChI=1S/C20H28ClN5O/c1-3-4-5-9-26-19(22)18-16(24-20(26)23)8-10-25(18)13-15-11-14(12-21)6-7-17(15)27-2/h6-8,10-11,19H,3-5,9,12-13,22H2,1-2H3,(H2,23,24). The fraction of sp³-hybridized carbons (Fsp3) is 0.450. The van der Waals surface area contributed by atoms with Gasteiger partial charge in [-0.25, -0.2) is 4.99 Å². The van der Waals surface area contributed by atoms with Crippen LogP contribution in [-0.2, 0) is 12.4 Å². The van der Waals surface area contributed by atoms with Gasteiger partial charge < -0.3 is 25.7 Å². The van der Waals surface area contributed by atoms with Crippen LogP contribution in [0.3, 0.4) is 0 Å². The quantitative estimate of drug-likeness (QED) is 0.532. The number of rotatable bonds is 8. The van der Waals surface area contributed by atoms with Gasteiger partial charge in [-0.05, 0) is 30.2 Å². The SMILES string of the molecule is CCCCCN1C(N)=Nc2ccn(Cc3cc(CCl)ccc3OC)c2C1N. The maximum atomic E-state index is 6.58. The highest BCUT2D eigenvalue weighted by Crippen LogP contribution is 2.34. The van der Waals surface area contributed by atoms with E-state index in [1.807, 2.05) is 29.3 Å². The lowest BCUT2D eigenvalue weighted by atomic mass is 10.1. The van der Waals surface area contributed by atoms with Gasteiger partial charge >= 0.3 is 0 Å². The number of alkyl halides is 1. The minimum atomic E-state index is -0.313. The predicted octanol–water partition coefficient (Wildman–Crippen LogP) is 3.69. The molecule has 7 heteroatoms. The van der Waals surface area contributed by atoms with Crippen LogP contribution in [0.2, 0.25) is 0 Å². The average Bonchev–Trinajstić information content (AvgIpc) is 3.06. The van der Waals surface area contributed by atoms with Gasteiger partial charge in [-0.15, -0.1) is 11.6 Å². The van der Waals surface area contributed by atoms with Crippen molar-refractivity contribution in [2.24, 2.45) is 16.5 Å². The van der Waals surface area contributed by atoms with Crippen molar-refractivity contribution in [3.8, 4) is 5.75 Å². The van der Waals surface area contributed by atoms with Gasteiger partial charge in [-0.3, -0.25) is 0 Å². The lowest BCUT2D eigenvalue weighted by Gasteiger charge is -2.34. The molecule has 2 heterocycles. The van der Waals surface area contributed by atoms with Gasteiger partial charge in [0.25, 0.3) is 0 Å². The lowest BCUT2D eigenvalue weighted by Crippen LogP contribution is -2.46. The molecule has 1 atom stereocenters. The van der Waals surface area contributed by atoms with Crippen molar-refractivity contribution in [1.82, 2.24) is 9.47 Å². The molecular formula is C20H28ClN5O. The molecule has 4 N–H and O–H groups in total. The number of benzene rings is 1. The molecule has 3 rings (SSSR count). The molecule has 0 spiro atoms. The number of hydrogen-bond acceptors (Lipinski definition) is 5. The monoisotopic (exact) mass is 389 g/mol. The number of hydrogen-bond donors (Lipinski definition) is 2. The molecule has 27 heavy (non-hydrogen) atoms. The summed E-state index contributed by atoms with van der Waals surface area (Å²) in [4.78, 5) is 6.55. The van der Waals surface area contributed by atoms with E-state index in [0.29, 0.717) is 18.4 Å². The summed E-state index contributed by atoms with van der Waals surface area (Å²) in [5, 5.41) is 0. The van der Waals surface area contributed by atoms with E-state index in [-0.39, 0.29) is 6.17 Å². The largest absolute Gasteiger partial charge is 0.496 e. The summed E-state index contributed by atoms with van der Waals surface area (Å²) in [5.74, 6) is 1.79. The number of halogens is 1. The van der Waals surface area contributed by atoms with Crippen LogP contribution in [0.15, 0.2) is 35.5 Å². The first kappa shape index (κ1) is 19.6. The number of fused-ring (bicyclic) bond motifs is 1. The van der Waals surface area contributed by atoms with Crippen molar-refractivity contribution in [2.45, 2.75) is 44.8 Å². The molecule has 2 aromatic rings. The zero-order chi connectivity index (χ0) is 19.4. The Bertz CT molecular complexity index is 817. The highest BCUT2D eigenvalue weighted by Gasteiger charge is 2.28. The van der Waals surface area contributed by atoms with Crippen LogP contribution in [0, 0.1) is 0 Å². The number of ether oxygens (including phenoxy) is 1. The topological polar surface area (TPSA) is 81.8 Å². The number of guanidine groups is 1. The van der Waals surface area contributed by atoms with Crippen LogP contribution in [0.25, 0.3) is 0 Å². The number of nitrogens with two attached hydrogens (primary N) is 2. The Hall–Kier alpha value is -2.18. The maximum Gasteiger partial charge on any atom is 0.198 e. The summed E-state index contributed by atoms with van der Waals surface area (Å²) >= 11 is 6.00. The molecule has 0 saturated heterocycles. The molecule has 1 aromatic heterocycles. The predicted molar refractivity (Wildman–Crippen MR) is 111 cm³/mol. The van der Waals surface area contributed by atoms with E-state index in [1.54, 1.807) is 7.11 Å². The molecule has 1 unspecified atom stereocenters. The lowest BCUT2D eigenvalue weighted by molar-refractivity contribution is 0.295. The summed E-state index contributed by atoms with van der Waals surface area (Å²) in [6.45, 7) is 3.62. The Morgan fingerprint density at radius 1 is 1.26 bits per heavy atom. The van der Waals surface area contributed by atoms with E-state index in [1.165, 1.54) is 0 Å². The number of aromatic nitrogens is 1. The van der Waals surface area contributed by atoms with Crippen LogP contribution >= 0.6 is 11.6 Å². The average molecular weight is 390 g/mol.